The lowest BCUT2D eigenvalue weighted by Gasteiger charge is -2.42. The second kappa shape index (κ2) is 12.9. The van der Waals surface area contributed by atoms with Crippen molar-refractivity contribution < 1.29 is 19.1 Å². The SMILES string of the molecule is COCCN(CCOC)C(=O)C1CCCN(C2CCN(C(=O)c3c4ccccc4cc4ccccc34)CC2)C1. The maximum Gasteiger partial charge on any atom is 0.255 e. The summed E-state index contributed by atoms with van der Waals surface area (Å²) in [6.45, 7) is 5.55. The first-order valence-electron chi connectivity index (χ1n) is 14.3. The molecule has 7 nitrogen and oxygen atoms in total. The largest absolute Gasteiger partial charge is 0.383 e. The molecule has 2 aliphatic rings. The number of benzene rings is 3. The molecule has 0 aliphatic carbocycles. The predicted octanol–water partition coefficient (Wildman–Crippen LogP) is 4.43. The number of fused-ring (bicyclic) bond motifs is 2. The van der Waals surface area contributed by atoms with E-state index in [1.807, 2.05) is 34.1 Å². The molecule has 2 fully saturated rings. The van der Waals surface area contributed by atoms with Crippen LogP contribution in [0.2, 0.25) is 0 Å². The summed E-state index contributed by atoms with van der Waals surface area (Å²) in [6.07, 6.45) is 3.83. The monoisotopic (exact) mass is 531 g/mol. The number of piperidine rings is 2. The van der Waals surface area contributed by atoms with Crippen LogP contribution in [-0.2, 0) is 14.3 Å². The quantitative estimate of drug-likeness (QED) is 0.383. The number of carbonyl (C=O) groups is 2. The van der Waals surface area contributed by atoms with Crippen LogP contribution in [-0.4, -0.2) is 99.3 Å². The molecule has 7 heteroatoms. The Labute approximate surface area is 231 Å². The molecule has 0 saturated carbocycles. The third-order valence-electron chi connectivity index (χ3n) is 8.50. The Hall–Kier alpha value is -3.00. The van der Waals surface area contributed by atoms with Gasteiger partial charge in [-0.1, -0.05) is 48.5 Å². The smallest absolute Gasteiger partial charge is 0.255 e. The molecule has 0 N–H and O–H groups in total. The second-order valence-electron chi connectivity index (χ2n) is 10.9. The van der Waals surface area contributed by atoms with Crippen LogP contribution in [0.15, 0.2) is 54.6 Å². The fourth-order valence-corrected chi connectivity index (χ4v) is 6.37. The van der Waals surface area contributed by atoms with Gasteiger partial charge in [0.05, 0.1) is 24.7 Å². The van der Waals surface area contributed by atoms with E-state index in [4.69, 9.17) is 9.47 Å². The van der Waals surface area contributed by atoms with Crippen LogP contribution in [0.4, 0.5) is 0 Å². The number of ether oxygens (including phenoxy) is 2. The molecule has 1 unspecified atom stereocenters. The highest BCUT2D eigenvalue weighted by molar-refractivity contribution is 6.18. The molecule has 2 saturated heterocycles. The fraction of sp³-hybridized carbons (Fsp3) is 0.500. The zero-order valence-electron chi connectivity index (χ0n) is 23.3. The number of amides is 2. The van der Waals surface area contributed by atoms with Gasteiger partial charge in [0.15, 0.2) is 0 Å². The van der Waals surface area contributed by atoms with E-state index in [1.165, 1.54) is 0 Å². The standard InChI is InChI=1S/C32H41N3O4/c1-38-20-18-34(19-21-39-2)31(36)26-10-7-15-35(23-26)27-13-16-33(17-14-27)32(37)30-28-11-5-3-8-24(28)22-25-9-4-6-12-29(25)30/h3-6,8-9,11-12,22,26-27H,7,10,13-21,23H2,1-2H3. The Bertz CT molecular complexity index is 1220. The molecule has 0 spiro atoms. The van der Waals surface area contributed by atoms with Crippen molar-refractivity contribution in [1.82, 2.24) is 14.7 Å². The molecule has 5 rings (SSSR count). The highest BCUT2D eigenvalue weighted by Crippen LogP contribution is 2.31. The average Bonchev–Trinajstić information content (AvgIpc) is 2.99. The molecule has 2 heterocycles. The predicted molar refractivity (Wildman–Crippen MR) is 155 cm³/mol. The summed E-state index contributed by atoms with van der Waals surface area (Å²) < 4.78 is 10.5. The Balaban J connectivity index is 1.25. The van der Waals surface area contributed by atoms with E-state index in [2.05, 4.69) is 35.2 Å². The van der Waals surface area contributed by atoms with Gasteiger partial charge in [0.1, 0.15) is 0 Å². The molecule has 0 bridgehead atoms. The van der Waals surface area contributed by atoms with Gasteiger partial charge in [0, 0.05) is 53.0 Å². The van der Waals surface area contributed by atoms with Crippen molar-refractivity contribution >= 4 is 33.4 Å². The summed E-state index contributed by atoms with van der Waals surface area (Å²) in [6, 6.07) is 19.0. The van der Waals surface area contributed by atoms with Crippen LogP contribution >= 0.6 is 0 Å². The highest BCUT2D eigenvalue weighted by Gasteiger charge is 2.34. The van der Waals surface area contributed by atoms with Crippen LogP contribution in [0, 0.1) is 5.92 Å². The summed E-state index contributed by atoms with van der Waals surface area (Å²) in [4.78, 5) is 33.8. The van der Waals surface area contributed by atoms with Crippen molar-refractivity contribution in [2.75, 3.05) is 66.7 Å². The van der Waals surface area contributed by atoms with E-state index in [9.17, 15) is 9.59 Å². The first-order chi connectivity index (χ1) is 19.1. The first-order valence-corrected chi connectivity index (χ1v) is 14.3. The van der Waals surface area contributed by atoms with Crippen molar-refractivity contribution in [1.29, 1.82) is 0 Å². The Morgan fingerprint density at radius 1 is 0.846 bits per heavy atom. The molecule has 2 aliphatic heterocycles. The maximum atomic E-state index is 13.9. The lowest BCUT2D eigenvalue weighted by atomic mass is 9.92. The Morgan fingerprint density at radius 2 is 1.44 bits per heavy atom. The van der Waals surface area contributed by atoms with Crippen molar-refractivity contribution in [3.8, 4) is 0 Å². The maximum absolute atomic E-state index is 13.9. The lowest BCUT2D eigenvalue weighted by Crippen LogP contribution is -2.52. The number of rotatable bonds is 9. The average molecular weight is 532 g/mol. The molecule has 0 aromatic heterocycles. The minimum absolute atomic E-state index is 0.00849. The minimum Gasteiger partial charge on any atom is -0.383 e. The summed E-state index contributed by atoms with van der Waals surface area (Å²) in [5.41, 5.74) is 0.818. The van der Waals surface area contributed by atoms with E-state index in [0.717, 1.165) is 79.0 Å². The Kier molecular flexibility index (Phi) is 9.12. The van der Waals surface area contributed by atoms with Crippen LogP contribution < -0.4 is 0 Å². The van der Waals surface area contributed by atoms with Gasteiger partial charge in [0.25, 0.3) is 5.91 Å². The second-order valence-corrected chi connectivity index (χ2v) is 10.9. The van der Waals surface area contributed by atoms with Crippen LogP contribution in [0.5, 0.6) is 0 Å². The van der Waals surface area contributed by atoms with Crippen molar-refractivity contribution in [3.05, 3.63) is 60.2 Å². The normalized spacial score (nSPS) is 19.0. The molecule has 2 amide bonds. The molecule has 3 aromatic rings. The van der Waals surface area contributed by atoms with Gasteiger partial charge >= 0.3 is 0 Å². The zero-order valence-corrected chi connectivity index (χ0v) is 23.3. The van der Waals surface area contributed by atoms with Gasteiger partial charge in [-0.2, -0.15) is 0 Å². The van der Waals surface area contributed by atoms with E-state index in [-0.39, 0.29) is 17.7 Å². The van der Waals surface area contributed by atoms with Gasteiger partial charge in [-0.25, -0.2) is 0 Å². The molecule has 1 atom stereocenters. The van der Waals surface area contributed by atoms with Gasteiger partial charge in [-0.15, -0.1) is 0 Å². The zero-order chi connectivity index (χ0) is 27.2. The molecule has 3 aromatic carbocycles. The molecule has 0 radical (unpaired) electrons. The highest BCUT2D eigenvalue weighted by atomic mass is 16.5. The minimum atomic E-state index is 0.00849. The molecular weight excluding hydrogens is 490 g/mol. The van der Waals surface area contributed by atoms with E-state index >= 15 is 0 Å². The number of carbonyl (C=O) groups excluding carboxylic acids is 2. The Morgan fingerprint density at radius 3 is 2.03 bits per heavy atom. The van der Waals surface area contributed by atoms with Crippen LogP contribution in [0.25, 0.3) is 21.5 Å². The number of methoxy groups -OCH3 is 2. The summed E-state index contributed by atoms with van der Waals surface area (Å²) in [5.74, 6) is 0.346. The number of hydrogen-bond donors (Lipinski definition) is 0. The van der Waals surface area contributed by atoms with Gasteiger partial charge in [-0.3, -0.25) is 14.5 Å². The van der Waals surface area contributed by atoms with Crippen molar-refractivity contribution in [2.45, 2.75) is 31.7 Å². The summed E-state index contributed by atoms with van der Waals surface area (Å²) >= 11 is 0. The van der Waals surface area contributed by atoms with Gasteiger partial charge < -0.3 is 19.3 Å². The third-order valence-corrected chi connectivity index (χ3v) is 8.50. The number of likely N-dealkylation sites (tertiary alicyclic amines) is 2. The third kappa shape index (κ3) is 6.11. The van der Waals surface area contributed by atoms with E-state index < -0.39 is 0 Å². The van der Waals surface area contributed by atoms with Crippen LogP contribution in [0.1, 0.15) is 36.0 Å². The molecule has 208 valence electrons. The van der Waals surface area contributed by atoms with Gasteiger partial charge in [0.2, 0.25) is 5.91 Å². The first kappa shape index (κ1) is 27.6. The van der Waals surface area contributed by atoms with Crippen LogP contribution in [0.3, 0.4) is 0 Å². The molecular formula is C32H41N3O4. The lowest BCUT2D eigenvalue weighted by molar-refractivity contribution is -0.139. The topological polar surface area (TPSA) is 62.3 Å². The number of nitrogens with zero attached hydrogens (tertiary/aromatic N) is 3. The van der Waals surface area contributed by atoms with Crippen molar-refractivity contribution in [3.63, 3.8) is 0 Å². The number of hydrogen-bond acceptors (Lipinski definition) is 5. The fourth-order valence-electron chi connectivity index (χ4n) is 6.37. The summed E-state index contributed by atoms with van der Waals surface area (Å²) in [7, 11) is 3.34. The van der Waals surface area contributed by atoms with E-state index in [1.54, 1.807) is 14.2 Å². The van der Waals surface area contributed by atoms with E-state index in [0.29, 0.717) is 32.3 Å². The molecule has 39 heavy (non-hydrogen) atoms. The summed E-state index contributed by atoms with van der Waals surface area (Å²) in [5, 5.41) is 4.24. The van der Waals surface area contributed by atoms with Gasteiger partial charge in [-0.05, 0) is 59.8 Å². The van der Waals surface area contributed by atoms with Crippen molar-refractivity contribution in [2.24, 2.45) is 5.92 Å².